The van der Waals surface area contributed by atoms with Crippen LogP contribution < -0.4 is 10.6 Å². The minimum absolute atomic E-state index is 0.0000676. The maximum Gasteiger partial charge on any atom is 0.416 e. The van der Waals surface area contributed by atoms with Gasteiger partial charge in [0, 0.05) is 11.3 Å². The zero-order valence-corrected chi connectivity index (χ0v) is 13.8. The Bertz CT molecular complexity index is 807. The number of anilines is 2. The van der Waals surface area contributed by atoms with Crippen LogP contribution in [0.1, 0.15) is 22.8 Å². The Labute approximate surface area is 147 Å². The normalized spacial score (nSPS) is 11.1. The summed E-state index contributed by atoms with van der Waals surface area (Å²) in [4.78, 5) is 23.3. The molecule has 0 radical (unpaired) electrons. The average Bonchev–Trinajstić information content (AvgIpc) is 2.54. The van der Waals surface area contributed by atoms with Gasteiger partial charge in [-0.15, -0.1) is 0 Å². The summed E-state index contributed by atoms with van der Waals surface area (Å²) in [6.07, 6.45) is -4.53. The minimum atomic E-state index is -4.53. The Kier molecular flexibility index (Phi) is 5.69. The van der Waals surface area contributed by atoms with Crippen molar-refractivity contribution in [2.75, 3.05) is 17.2 Å². The summed E-state index contributed by atoms with van der Waals surface area (Å²) in [6, 6.07) is 9.21. The molecule has 2 aromatic carbocycles. The number of halogens is 4. The fourth-order valence-electron chi connectivity index (χ4n) is 2.02. The zero-order valence-electron chi connectivity index (χ0n) is 13.1. The number of ketones is 1. The predicted octanol–water partition coefficient (Wildman–Crippen LogP) is 4.61. The number of amides is 1. The maximum absolute atomic E-state index is 12.7. The van der Waals surface area contributed by atoms with Crippen LogP contribution >= 0.6 is 11.6 Å². The lowest BCUT2D eigenvalue weighted by atomic mass is 10.1. The SMILES string of the molecule is CC(=O)c1cccc(NCC(=O)Nc2cc(C(F)(F)F)ccc2Cl)c1. The van der Waals surface area contributed by atoms with Gasteiger partial charge in [-0.1, -0.05) is 23.7 Å². The molecule has 2 aromatic rings. The number of Topliss-reactive ketones (excluding diaryl/α,β-unsaturated/α-hetero) is 1. The van der Waals surface area contributed by atoms with E-state index in [0.29, 0.717) is 11.3 Å². The summed E-state index contributed by atoms with van der Waals surface area (Å²) < 4.78 is 38.1. The molecule has 0 aliphatic carbocycles. The van der Waals surface area contributed by atoms with Crippen molar-refractivity contribution in [3.8, 4) is 0 Å². The van der Waals surface area contributed by atoms with Gasteiger partial charge in [-0.3, -0.25) is 9.59 Å². The van der Waals surface area contributed by atoms with Gasteiger partial charge in [0.15, 0.2) is 5.78 Å². The van der Waals surface area contributed by atoms with Gasteiger partial charge in [-0.05, 0) is 37.3 Å². The summed E-state index contributed by atoms with van der Waals surface area (Å²) in [7, 11) is 0. The molecule has 0 aliphatic heterocycles. The molecule has 8 heteroatoms. The Hall–Kier alpha value is -2.54. The van der Waals surface area contributed by atoms with Crippen LogP contribution in [0.4, 0.5) is 24.5 Å². The van der Waals surface area contributed by atoms with Crippen LogP contribution in [-0.2, 0) is 11.0 Å². The monoisotopic (exact) mass is 370 g/mol. The smallest absolute Gasteiger partial charge is 0.376 e. The molecule has 2 rings (SSSR count). The van der Waals surface area contributed by atoms with Crippen LogP contribution in [0.5, 0.6) is 0 Å². The number of alkyl halides is 3. The highest BCUT2D eigenvalue weighted by Crippen LogP contribution is 2.33. The first kappa shape index (κ1) is 18.8. The first-order chi connectivity index (χ1) is 11.7. The fraction of sp³-hybridized carbons (Fsp3) is 0.176. The van der Waals surface area contributed by atoms with Crippen LogP contribution in [0.25, 0.3) is 0 Å². The number of benzene rings is 2. The van der Waals surface area contributed by atoms with Crippen molar-refractivity contribution in [3.63, 3.8) is 0 Å². The quantitative estimate of drug-likeness (QED) is 0.755. The van der Waals surface area contributed by atoms with Gasteiger partial charge < -0.3 is 10.6 Å². The third-order valence-corrected chi connectivity index (χ3v) is 3.62. The summed E-state index contributed by atoms with van der Waals surface area (Å²) in [6.45, 7) is 1.22. The number of nitrogens with one attached hydrogen (secondary N) is 2. The van der Waals surface area contributed by atoms with Gasteiger partial charge in [0.1, 0.15) is 0 Å². The van der Waals surface area contributed by atoms with E-state index in [-0.39, 0.29) is 23.0 Å². The van der Waals surface area contributed by atoms with E-state index < -0.39 is 17.6 Å². The van der Waals surface area contributed by atoms with Gasteiger partial charge >= 0.3 is 6.18 Å². The fourth-order valence-corrected chi connectivity index (χ4v) is 2.19. The molecule has 4 nitrogen and oxygen atoms in total. The molecule has 1 amide bonds. The molecule has 132 valence electrons. The topological polar surface area (TPSA) is 58.2 Å². The van der Waals surface area contributed by atoms with Crippen LogP contribution in [0.15, 0.2) is 42.5 Å². The van der Waals surface area contributed by atoms with E-state index in [4.69, 9.17) is 11.6 Å². The number of carbonyl (C=O) groups is 2. The first-order valence-electron chi connectivity index (χ1n) is 7.18. The van der Waals surface area contributed by atoms with Gasteiger partial charge in [-0.25, -0.2) is 0 Å². The molecular formula is C17H14ClF3N2O2. The lowest BCUT2D eigenvalue weighted by molar-refractivity contribution is -0.137. The Balaban J connectivity index is 2.03. The van der Waals surface area contributed by atoms with Crippen LogP contribution in [-0.4, -0.2) is 18.2 Å². The van der Waals surface area contributed by atoms with Crippen LogP contribution in [0.2, 0.25) is 5.02 Å². The van der Waals surface area contributed by atoms with Crippen molar-refractivity contribution >= 4 is 34.7 Å². The van der Waals surface area contributed by atoms with E-state index in [1.54, 1.807) is 24.3 Å². The minimum Gasteiger partial charge on any atom is -0.376 e. The van der Waals surface area contributed by atoms with Crippen LogP contribution in [0.3, 0.4) is 0 Å². The molecule has 0 unspecified atom stereocenters. The molecule has 0 aromatic heterocycles. The summed E-state index contributed by atoms with van der Waals surface area (Å²) >= 11 is 5.82. The third-order valence-electron chi connectivity index (χ3n) is 3.29. The standard InChI is InChI=1S/C17H14ClF3N2O2/c1-10(24)11-3-2-4-13(7-11)22-9-16(25)23-15-8-12(17(19,20)21)5-6-14(15)18/h2-8,22H,9H2,1H3,(H,23,25). The van der Waals surface area contributed by atoms with Crippen molar-refractivity contribution < 1.29 is 22.8 Å². The second-order valence-corrected chi connectivity index (χ2v) is 5.64. The molecule has 0 bridgehead atoms. The second-order valence-electron chi connectivity index (χ2n) is 5.23. The van der Waals surface area contributed by atoms with Crippen molar-refractivity contribution in [2.24, 2.45) is 0 Å². The molecular weight excluding hydrogens is 357 g/mol. The zero-order chi connectivity index (χ0) is 18.6. The molecule has 2 N–H and O–H groups in total. The highest BCUT2D eigenvalue weighted by Gasteiger charge is 2.31. The van der Waals surface area contributed by atoms with Crippen molar-refractivity contribution in [1.82, 2.24) is 0 Å². The lowest BCUT2D eigenvalue weighted by Crippen LogP contribution is -2.22. The van der Waals surface area contributed by atoms with E-state index in [9.17, 15) is 22.8 Å². The molecule has 25 heavy (non-hydrogen) atoms. The number of hydrogen-bond acceptors (Lipinski definition) is 3. The Morgan fingerprint density at radius 2 is 1.84 bits per heavy atom. The lowest BCUT2D eigenvalue weighted by Gasteiger charge is -2.12. The number of carbonyl (C=O) groups excluding carboxylic acids is 2. The molecule has 0 spiro atoms. The summed E-state index contributed by atoms with van der Waals surface area (Å²) in [5.74, 6) is -0.696. The van der Waals surface area contributed by atoms with E-state index >= 15 is 0 Å². The first-order valence-corrected chi connectivity index (χ1v) is 7.56. The predicted molar refractivity (Wildman–Crippen MR) is 90.0 cm³/mol. The largest absolute Gasteiger partial charge is 0.416 e. The molecule has 0 fully saturated rings. The summed E-state index contributed by atoms with van der Waals surface area (Å²) in [5.41, 5.74) is -0.0144. The van der Waals surface area contributed by atoms with Gasteiger partial charge in [0.25, 0.3) is 0 Å². The van der Waals surface area contributed by atoms with Gasteiger partial charge in [0.2, 0.25) is 5.91 Å². The van der Waals surface area contributed by atoms with E-state index in [1.807, 2.05) is 0 Å². The van der Waals surface area contributed by atoms with E-state index in [0.717, 1.165) is 18.2 Å². The van der Waals surface area contributed by atoms with Crippen molar-refractivity contribution in [3.05, 3.63) is 58.6 Å². The van der Waals surface area contributed by atoms with E-state index in [2.05, 4.69) is 10.6 Å². The summed E-state index contributed by atoms with van der Waals surface area (Å²) in [5, 5.41) is 5.12. The van der Waals surface area contributed by atoms with Crippen molar-refractivity contribution in [1.29, 1.82) is 0 Å². The number of rotatable bonds is 5. The van der Waals surface area contributed by atoms with Gasteiger partial charge in [0.05, 0.1) is 22.8 Å². The molecule has 0 heterocycles. The second kappa shape index (κ2) is 7.57. The van der Waals surface area contributed by atoms with Crippen LogP contribution in [0, 0.1) is 0 Å². The van der Waals surface area contributed by atoms with Crippen molar-refractivity contribution in [2.45, 2.75) is 13.1 Å². The molecule has 0 saturated heterocycles. The average molecular weight is 371 g/mol. The van der Waals surface area contributed by atoms with Gasteiger partial charge in [-0.2, -0.15) is 13.2 Å². The molecule has 0 atom stereocenters. The molecule has 0 aliphatic rings. The van der Waals surface area contributed by atoms with E-state index in [1.165, 1.54) is 6.92 Å². The highest BCUT2D eigenvalue weighted by atomic mass is 35.5. The molecule has 0 saturated carbocycles. The third kappa shape index (κ3) is 5.22. The Morgan fingerprint density at radius 3 is 2.48 bits per heavy atom. The highest BCUT2D eigenvalue weighted by molar-refractivity contribution is 6.33. The Morgan fingerprint density at radius 1 is 1.12 bits per heavy atom. The maximum atomic E-state index is 12.7. The number of hydrogen-bond donors (Lipinski definition) is 2.